The zero-order valence-corrected chi connectivity index (χ0v) is 13.6. The summed E-state index contributed by atoms with van der Waals surface area (Å²) < 4.78 is 27.8. The first-order chi connectivity index (χ1) is 10.3. The Kier molecular flexibility index (Phi) is 4.85. The Bertz CT molecular complexity index is 715. The summed E-state index contributed by atoms with van der Waals surface area (Å²) in [6, 6.07) is 3.59. The van der Waals surface area contributed by atoms with E-state index in [0.29, 0.717) is 10.6 Å². The molecule has 0 unspecified atom stereocenters. The highest BCUT2D eigenvalue weighted by Gasteiger charge is 2.19. The van der Waals surface area contributed by atoms with Crippen molar-refractivity contribution in [3.8, 4) is 0 Å². The lowest BCUT2D eigenvalue weighted by Crippen LogP contribution is -2.23. The molecule has 0 aliphatic rings. The summed E-state index contributed by atoms with van der Waals surface area (Å²) in [5, 5.41) is 6.61. The molecule has 0 aliphatic carbocycles. The van der Waals surface area contributed by atoms with Crippen molar-refractivity contribution in [2.24, 2.45) is 7.05 Å². The Balaban J connectivity index is 2.07. The summed E-state index contributed by atoms with van der Waals surface area (Å²) in [5.74, 6) is -2.03. The average Bonchev–Trinajstić information content (AvgIpc) is 2.69. The van der Waals surface area contributed by atoms with Gasteiger partial charge in [0.25, 0.3) is 0 Å². The van der Waals surface area contributed by atoms with Crippen molar-refractivity contribution >= 4 is 23.4 Å². The number of carbonyl (C=O) groups is 1. The Morgan fingerprint density at radius 1 is 1.32 bits per heavy atom. The zero-order chi connectivity index (χ0) is 16.4. The van der Waals surface area contributed by atoms with Crippen LogP contribution in [-0.4, -0.2) is 20.9 Å². The third kappa shape index (κ3) is 3.47. The van der Waals surface area contributed by atoms with Crippen LogP contribution >= 0.6 is 11.8 Å². The molecule has 2 rings (SSSR count). The first kappa shape index (κ1) is 16.5. The Morgan fingerprint density at radius 2 is 2.00 bits per heavy atom. The van der Waals surface area contributed by atoms with Gasteiger partial charge in [0.1, 0.15) is 0 Å². The number of hydrogen-bond acceptors (Lipinski definition) is 3. The van der Waals surface area contributed by atoms with Crippen LogP contribution in [0.3, 0.4) is 0 Å². The fourth-order valence-electron chi connectivity index (χ4n) is 1.99. The molecule has 1 heterocycles. The van der Waals surface area contributed by atoms with E-state index in [1.165, 1.54) is 17.8 Å². The molecule has 1 amide bonds. The highest BCUT2D eigenvalue weighted by molar-refractivity contribution is 8.00. The molecular weight excluding hydrogens is 308 g/mol. The molecule has 0 radical (unpaired) electrons. The largest absolute Gasteiger partial charge is 0.322 e. The van der Waals surface area contributed by atoms with Crippen molar-refractivity contribution in [2.75, 3.05) is 5.32 Å². The average molecular weight is 325 g/mol. The molecule has 1 atom stereocenters. The normalized spacial score (nSPS) is 12.3. The van der Waals surface area contributed by atoms with Crippen LogP contribution in [0.1, 0.15) is 18.3 Å². The summed E-state index contributed by atoms with van der Waals surface area (Å²) in [5.41, 5.74) is 2.28. The van der Waals surface area contributed by atoms with Gasteiger partial charge >= 0.3 is 0 Å². The maximum atomic E-state index is 13.2. The number of nitrogens with zero attached hydrogens (tertiary/aromatic N) is 2. The standard InChI is InChI=1S/C15H17F2N3OS/c1-8-14(9(2)20(4)19-8)18-15(21)10(3)22-11-5-6-12(16)13(17)7-11/h5-7,10H,1-4H3,(H,18,21)/t10-/m0/s1. The number of amides is 1. The molecule has 0 bridgehead atoms. The van der Waals surface area contributed by atoms with Crippen molar-refractivity contribution in [1.82, 2.24) is 9.78 Å². The van der Waals surface area contributed by atoms with Crippen LogP contribution in [0.5, 0.6) is 0 Å². The van der Waals surface area contributed by atoms with Crippen LogP contribution < -0.4 is 5.32 Å². The molecular formula is C15H17F2N3OS. The van der Waals surface area contributed by atoms with Gasteiger partial charge in [-0.05, 0) is 39.0 Å². The van der Waals surface area contributed by atoms with E-state index in [0.717, 1.165) is 23.5 Å². The van der Waals surface area contributed by atoms with E-state index < -0.39 is 16.9 Å². The van der Waals surface area contributed by atoms with E-state index in [1.807, 2.05) is 13.8 Å². The summed E-state index contributed by atoms with van der Waals surface area (Å²) in [6.07, 6.45) is 0. The first-order valence-electron chi connectivity index (χ1n) is 6.72. The molecule has 7 heteroatoms. The van der Waals surface area contributed by atoms with Crippen LogP contribution in [0.4, 0.5) is 14.5 Å². The van der Waals surface area contributed by atoms with Gasteiger partial charge in [-0.3, -0.25) is 9.48 Å². The highest BCUT2D eigenvalue weighted by atomic mass is 32.2. The molecule has 2 aromatic rings. The van der Waals surface area contributed by atoms with Gasteiger partial charge in [0.2, 0.25) is 5.91 Å². The summed E-state index contributed by atoms with van der Waals surface area (Å²) >= 11 is 1.17. The van der Waals surface area contributed by atoms with Crippen molar-refractivity contribution in [2.45, 2.75) is 30.9 Å². The Labute approximate surface area is 131 Å². The van der Waals surface area contributed by atoms with E-state index in [9.17, 15) is 13.6 Å². The van der Waals surface area contributed by atoms with E-state index >= 15 is 0 Å². The number of nitrogens with one attached hydrogen (secondary N) is 1. The number of carbonyl (C=O) groups excluding carboxylic acids is 1. The van der Waals surface area contributed by atoms with Gasteiger partial charge in [-0.2, -0.15) is 5.10 Å². The quantitative estimate of drug-likeness (QED) is 0.876. The van der Waals surface area contributed by atoms with Gasteiger partial charge < -0.3 is 5.32 Å². The van der Waals surface area contributed by atoms with Crippen molar-refractivity contribution in [3.05, 3.63) is 41.2 Å². The molecule has 1 aromatic heterocycles. The number of aryl methyl sites for hydroxylation is 2. The topological polar surface area (TPSA) is 46.9 Å². The molecule has 22 heavy (non-hydrogen) atoms. The fraction of sp³-hybridized carbons (Fsp3) is 0.333. The zero-order valence-electron chi connectivity index (χ0n) is 12.8. The monoisotopic (exact) mass is 325 g/mol. The molecule has 0 spiro atoms. The molecule has 0 fully saturated rings. The second-order valence-corrected chi connectivity index (χ2v) is 6.41. The summed E-state index contributed by atoms with van der Waals surface area (Å²) in [6.45, 7) is 5.39. The van der Waals surface area contributed by atoms with E-state index in [2.05, 4.69) is 10.4 Å². The third-order valence-electron chi connectivity index (χ3n) is 3.33. The summed E-state index contributed by atoms with van der Waals surface area (Å²) in [4.78, 5) is 12.7. The van der Waals surface area contributed by atoms with Gasteiger partial charge in [0.15, 0.2) is 11.6 Å². The van der Waals surface area contributed by atoms with Crippen LogP contribution in [-0.2, 0) is 11.8 Å². The maximum Gasteiger partial charge on any atom is 0.237 e. The van der Waals surface area contributed by atoms with Crippen LogP contribution in [0, 0.1) is 25.5 Å². The fourth-order valence-corrected chi connectivity index (χ4v) is 2.88. The molecule has 0 saturated heterocycles. The molecule has 4 nitrogen and oxygen atoms in total. The lowest BCUT2D eigenvalue weighted by atomic mass is 10.3. The summed E-state index contributed by atoms with van der Waals surface area (Å²) in [7, 11) is 1.80. The number of anilines is 1. The van der Waals surface area contributed by atoms with E-state index in [4.69, 9.17) is 0 Å². The number of hydrogen-bond donors (Lipinski definition) is 1. The SMILES string of the molecule is Cc1nn(C)c(C)c1NC(=O)[C@H](C)Sc1ccc(F)c(F)c1. The minimum Gasteiger partial charge on any atom is -0.322 e. The predicted molar refractivity (Wildman–Crippen MR) is 83.0 cm³/mol. The highest BCUT2D eigenvalue weighted by Crippen LogP contribution is 2.26. The van der Waals surface area contributed by atoms with E-state index in [1.54, 1.807) is 18.7 Å². The van der Waals surface area contributed by atoms with Crippen LogP contribution in [0.15, 0.2) is 23.1 Å². The number of halogens is 2. The van der Waals surface area contributed by atoms with Crippen molar-refractivity contribution in [1.29, 1.82) is 0 Å². The predicted octanol–water partition coefficient (Wildman–Crippen LogP) is 3.43. The number of rotatable bonds is 4. The third-order valence-corrected chi connectivity index (χ3v) is 4.42. The molecule has 118 valence electrons. The van der Waals surface area contributed by atoms with Gasteiger partial charge in [-0.15, -0.1) is 11.8 Å². The second-order valence-electron chi connectivity index (χ2n) is 4.99. The minimum absolute atomic E-state index is 0.214. The van der Waals surface area contributed by atoms with Crippen molar-refractivity contribution in [3.63, 3.8) is 0 Å². The number of benzene rings is 1. The maximum absolute atomic E-state index is 13.2. The molecule has 1 aromatic carbocycles. The lowest BCUT2D eigenvalue weighted by molar-refractivity contribution is -0.115. The van der Waals surface area contributed by atoms with E-state index in [-0.39, 0.29) is 5.91 Å². The van der Waals surface area contributed by atoms with Gasteiger partial charge in [-0.25, -0.2) is 8.78 Å². The van der Waals surface area contributed by atoms with Gasteiger partial charge in [0, 0.05) is 11.9 Å². The lowest BCUT2D eigenvalue weighted by Gasteiger charge is -2.12. The minimum atomic E-state index is -0.920. The van der Waals surface area contributed by atoms with Gasteiger partial charge in [-0.1, -0.05) is 0 Å². The molecule has 0 aliphatic heterocycles. The molecule has 1 N–H and O–H groups in total. The van der Waals surface area contributed by atoms with Crippen LogP contribution in [0.2, 0.25) is 0 Å². The van der Waals surface area contributed by atoms with Crippen LogP contribution in [0.25, 0.3) is 0 Å². The molecule has 0 saturated carbocycles. The Morgan fingerprint density at radius 3 is 2.55 bits per heavy atom. The smallest absolute Gasteiger partial charge is 0.237 e. The van der Waals surface area contributed by atoms with Gasteiger partial charge in [0.05, 0.1) is 22.3 Å². The van der Waals surface area contributed by atoms with Crippen molar-refractivity contribution < 1.29 is 13.6 Å². The second kappa shape index (κ2) is 6.48. The number of thioether (sulfide) groups is 1. The Hall–Kier alpha value is -1.89. The first-order valence-corrected chi connectivity index (χ1v) is 7.60. The number of aromatic nitrogens is 2.